The van der Waals surface area contributed by atoms with Crippen molar-refractivity contribution in [3.63, 3.8) is 0 Å². The highest BCUT2D eigenvalue weighted by Crippen LogP contribution is 2.24. The maximum absolute atomic E-state index is 12.4. The van der Waals surface area contributed by atoms with Crippen molar-refractivity contribution in [3.05, 3.63) is 53.8 Å². The zero-order chi connectivity index (χ0) is 19.9. The molecule has 0 atom stereocenters. The van der Waals surface area contributed by atoms with E-state index in [4.69, 9.17) is 4.42 Å². The van der Waals surface area contributed by atoms with E-state index < -0.39 is 5.91 Å². The molecule has 1 aromatic carbocycles. The van der Waals surface area contributed by atoms with Crippen LogP contribution in [0, 0.1) is 17.2 Å². The molecule has 0 aliphatic rings. The average Bonchev–Trinajstić information content (AvgIpc) is 3.34. The maximum atomic E-state index is 12.4. The van der Waals surface area contributed by atoms with Crippen molar-refractivity contribution in [3.8, 4) is 17.4 Å². The predicted octanol–water partition coefficient (Wildman–Crippen LogP) is 5.09. The van der Waals surface area contributed by atoms with Crippen molar-refractivity contribution in [2.75, 3.05) is 11.1 Å². The predicted molar refractivity (Wildman–Crippen MR) is 112 cm³/mol. The van der Waals surface area contributed by atoms with Crippen LogP contribution in [-0.4, -0.2) is 21.0 Å². The van der Waals surface area contributed by atoms with Crippen LogP contribution in [0.4, 0.5) is 5.13 Å². The van der Waals surface area contributed by atoms with Crippen LogP contribution in [0.3, 0.4) is 0 Å². The fourth-order valence-corrected chi connectivity index (χ4v) is 3.69. The number of benzene rings is 1. The molecule has 3 aromatic rings. The number of amides is 1. The summed E-state index contributed by atoms with van der Waals surface area (Å²) in [6.45, 7) is 4.23. The Morgan fingerprint density at radius 1 is 1.32 bits per heavy atom. The van der Waals surface area contributed by atoms with Gasteiger partial charge < -0.3 is 4.42 Å². The van der Waals surface area contributed by atoms with Gasteiger partial charge in [0.1, 0.15) is 23.2 Å². The number of rotatable bonds is 7. The molecule has 0 aliphatic heterocycles. The third-order valence-electron chi connectivity index (χ3n) is 3.51. The van der Waals surface area contributed by atoms with Gasteiger partial charge in [-0.1, -0.05) is 55.9 Å². The number of thioether (sulfide) groups is 1. The van der Waals surface area contributed by atoms with Crippen molar-refractivity contribution in [1.82, 2.24) is 9.36 Å². The first-order valence-corrected chi connectivity index (χ1v) is 10.4. The molecule has 0 fully saturated rings. The van der Waals surface area contributed by atoms with E-state index in [1.807, 2.05) is 36.4 Å². The number of carbonyl (C=O) groups is 1. The summed E-state index contributed by atoms with van der Waals surface area (Å²) in [6, 6.07) is 15.0. The Balaban J connectivity index is 1.68. The van der Waals surface area contributed by atoms with Crippen LogP contribution in [0.25, 0.3) is 17.4 Å². The van der Waals surface area contributed by atoms with Crippen LogP contribution in [0.15, 0.2) is 57.6 Å². The van der Waals surface area contributed by atoms with Crippen LogP contribution in [-0.2, 0) is 4.79 Å². The number of aromatic nitrogens is 2. The molecule has 0 spiro atoms. The van der Waals surface area contributed by atoms with Crippen LogP contribution in [0.5, 0.6) is 0 Å². The molecule has 2 heterocycles. The van der Waals surface area contributed by atoms with Crippen molar-refractivity contribution in [2.24, 2.45) is 5.92 Å². The van der Waals surface area contributed by atoms with E-state index in [9.17, 15) is 10.1 Å². The fraction of sp³-hybridized carbons (Fsp3) is 0.200. The molecule has 1 N–H and O–H groups in total. The first kappa shape index (κ1) is 19.9. The zero-order valence-electron chi connectivity index (χ0n) is 15.4. The highest BCUT2D eigenvalue weighted by Gasteiger charge is 2.14. The summed E-state index contributed by atoms with van der Waals surface area (Å²) in [5.74, 6) is 1.97. The van der Waals surface area contributed by atoms with E-state index in [1.54, 1.807) is 12.1 Å². The van der Waals surface area contributed by atoms with E-state index in [2.05, 4.69) is 28.5 Å². The second kappa shape index (κ2) is 9.35. The van der Waals surface area contributed by atoms with Gasteiger partial charge in [-0.2, -0.15) is 14.6 Å². The molecule has 2 aromatic heterocycles. The van der Waals surface area contributed by atoms with Crippen molar-refractivity contribution >= 4 is 40.4 Å². The van der Waals surface area contributed by atoms with E-state index in [0.29, 0.717) is 27.7 Å². The normalized spacial score (nSPS) is 11.4. The van der Waals surface area contributed by atoms with Crippen molar-refractivity contribution in [2.45, 2.75) is 19.0 Å². The lowest BCUT2D eigenvalue weighted by atomic mass is 10.2. The fourth-order valence-electron chi connectivity index (χ4n) is 2.20. The Kier molecular flexibility index (Phi) is 6.63. The van der Waals surface area contributed by atoms with Gasteiger partial charge in [0, 0.05) is 28.9 Å². The minimum Gasteiger partial charge on any atom is -0.457 e. The zero-order valence-corrected chi connectivity index (χ0v) is 17.0. The Hall–Kier alpha value is -2.89. The van der Waals surface area contributed by atoms with E-state index in [0.717, 1.165) is 22.8 Å². The molecule has 0 saturated carbocycles. The minimum atomic E-state index is -0.545. The molecule has 0 bridgehead atoms. The standard InChI is InChI=1S/C20H18N4O2S2/c1-13(2)12-27-20-23-19(28-24-20)22-18(25)15(11-21)10-16-8-9-17(26-16)14-6-4-3-5-7-14/h3-10,13H,12H2,1-2H3,(H,22,23,24,25)/b15-10-. The number of carbonyl (C=O) groups excluding carboxylic acids is 1. The Labute approximate surface area is 171 Å². The van der Waals surface area contributed by atoms with Crippen LogP contribution >= 0.6 is 23.3 Å². The monoisotopic (exact) mass is 410 g/mol. The lowest BCUT2D eigenvalue weighted by Gasteiger charge is -2.00. The summed E-state index contributed by atoms with van der Waals surface area (Å²) < 4.78 is 9.93. The van der Waals surface area contributed by atoms with Gasteiger partial charge in [-0.15, -0.1) is 0 Å². The van der Waals surface area contributed by atoms with E-state index in [-0.39, 0.29) is 5.57 Å². The maximum Gasteiger partial charge on any atom is 0.268 e. The van der Waals surface area contributed by atoms with Gasteiger partial charge in [-0.05, 0) is 18.1 Å². The Morgan fingerprint density at radius 3 is 2.82 bits per heavy atom. The topological polar surface area (TPSA) is 91.8 Å². The molecular formula is C20H18N4O2S2. The smallest absolute Gasteiger partial charge is 0.268 e. The summed E-state index contributed by atoms with van der Waals surface area (Å²) in [4.78, 5) is 16.7. The number of hydrogen-bond acceptors (Lipinski definition) is 7. The largest absolute Gasteiger partial charge is 0.457 e. The summed E-state index contributed by atoms with van der Waals surface area (Å²) in [6.07, 6.45) is 1.41. The van der Waals surface area contributed by atoms with Gasteiger partial charge in [-0.3, -0.25) is 10.1 Å². The summed E-state index contributed by atoms with van der Waals surface area (Å²) >= 11 is 2.63. The second-order valence-corrected chi connectivity index (χ2v) is 8.02. The third-order valence-corrected chi connectivity index (χ3v) is 5.53. The highest BCUT2D eigenvalue weighted by atomic mass is 32.2. The van der Waals surface area contributed by atoms with Gasteiger partial charge in [0.25, 0.3) is 5.91 Å². The third kappa shape index (κ3) is 5.31. The van der Waals surface area contributed by atoms with E-state index in [1.165, 1.54) is 17.8 Å². The van der Waals surface area contributed by atoms with Crippen molar-refractivity contribution in [1.29, 1.82) is 5.26 Å². The SMILES string of the molecule is CC(C)CSc1nsc(NC(=O)/C(C#N)=C\c2ccc(-c3ccccc3)o2)n1. The second-order valence-electron chi connectivity index (χ2n) is 6.28. The number of furan rings is 1. The first-order chi connectivity index (χ1) is 13.5. The van der Waals surface area contributed by atoms with Crippen LogP contribution in [0.2, 0.25) is 0 Å². The summed E-state index contributed by atoms with van der Waals surface area (Å²) in [7, 11) is 0. The highest BCUT2D eigenvalue weighted by molar-refractivity contribution is 7.99. The number of anilines is 1. The molecular weight excluding hydrogens is 392 g/mol. The summed E-state index contributed by atoms with van der Waals surface area (Å²) in [5, 5.41) is 13.0. The average molecular weight is 411 g/mol. The molecule has 0 radical (unpaired) electrons. The minimum absolute atomic E-state index is 0.0689. The molecule has 1 amide bonds. The number of nitrogens with zero attached hydrogens (tertiary/aromatic N) is 3. The molecule has 3 rings (SSSR count). The molecule has 0 saturated heterocycles. The molecule has 142 valence electrons. The first-order valence-electron chi connectivity index (χ1n) is 8.60. The van der Waals surface area contributed by atoms with Gasteiger partial charge >= 0.3 is 0 Å². The quantitative estimate of drug-likeness (QED) is 0.331. The number of nitrogens with one attached hydrogen (secondary N) is 1. The molecule has 0 aliphatic carbocycles. The number of nitriles is 1. The van der Waals surface area contributed by atoms with Gasteiger partial charge in [-0.25, -0.2) is 0 Å². The Morgan fingerprint density at radius 2 is 2.11 bits per heavy atom. The number of hydrogen-bond donors (Lipinski definition) is 1. The Bertz CT molecular complexity index is 1020. The van der Waals surface area contributed by atoms with Gasteiger partial charge in [0.15, 0.2) is 0 Å². The lowest BCUT2D eigenvalue weighted by Crippen LogP contribution is -2.13. The summed E-state index contributed by atoms with van der Waals surface area (Å²) in [5.41, 5.74) is 0.853. The van der Waals surface area contributed by atoms with Gasteiger partial charge in [0.2, 0.25) is 10.3 Å². The van der Waals surface area contributed by atoms with Crippen LogP contribution in [0.1, 0.15) is 19.6 Å². The molecule has 28 heavy (non-hydrogen) atoms. The molecule has 6 nitrogen and oxygen atoms in total. The van der Waals surface area contributed by atoms with E-state index >= 15 is 0 Å². The molecule has 0 unspecified atom stereocenters. The molecule has 8 heteroatoms. The lowest BCUT2D eigenvalue weighted by molar-refractivity contribution is -0.112. The van der Waals surface area contributed by atoms with Gasteiger partial charge in [0.05, 0.1) is 0 Å². The van der Waals surface area contributed by atoms with Crippen LogP contribution < -0.4 is 5.32 Å². The van der Waals surface area contributed by atoms with Crippen molar-refractivity contribution < 1.29 is 9.21 Å².